The second-order valence-corrected chi connectivity index (χ2v) is 2.84. The molecular formula is C9H9F2N3. The SMILES string of the molecule is Cc1c(N)ncc(CC#N)c1C(F)F. The highest BCUT2D eigenvalue weighted by molar-refractivity contribution is 5.48. The van der Waals surface area contributed by atoms with E-state index in [1.807, 2.05) is 6.07 Å². The van der Waals surface area contributed by atoms with Crippen LogP contribution in [0.25, 0.3) is 0 Å². The van der Waals surface area contributed by atoms with E-state index < -0.39 is 6.43 Å². The smallest absolute Gasteiger partial charge is 0.264 e. The van der Waals surface area contributed by atoms with Gasteiger partial charge in [0.25, 0.3) is 6.43 Å². The number of anilines is 1. The van der Waals surface area contributed by atoms with Crippen LogP contribution in [0.5, 0.6) is 0 Å². The molecule has 14 heavy (non-hydrogen) atoms. The summed E-state index contributed by atoms with van der Waals surface area (Å²) in [6, 6.07) is 1.81. The van der Waals surface area contributed by atoms with Gasteiger partial charge in [0.05, 0.1) is 12.5 Å². The summed E-state index contributed by atoms with van der Waals surface area (Å²) in [7, 11) is 0. The van der Waals surface area contributed by atoms with Crippen molar-refractivity contribution in [2.24, 2.45) is 0 Å². The number of nitrogens with zero attached hydrogens (tertiary/aromatic N) is 2. The lowest BCUT2D eigenvalue weighted by Gasteiger charge is -2.10. The van der Waals surface area contributed by atoms with Crippen molar-refractivity contribution in [2.45, 2.75) is 19.8 Å². The number of hydrogen-bond donors (Lipinski definition) is 1. The van der Waals surface area contributed by atoms with E-state index in [0.29, 0.717) is 0 Å². The average Bonchev–Trinajstić information content (AvgIpc) is 2.11. The van der Waals surface area contributed by atoms with Crippen molar-refractivity contribution in [3.63, 3.8) is 0 Å². The number of nitrogen functional groups attached to an aromatic ring is 1. The van der Waals surface area contributed by atoms with E-state index in [-0.39, 0.29) is 28.9 Å². The van der Waals surface area contributed by atoms with Gasteiger partial charge in [-0.25, -0.2) is 13.8 Å². The number of nitrogens with two attached hydrogens (primary N) is 1. The molecule has 0 spiro atoms. The lowest BCUT2D eigenvalue weighted by Crippen LogP contribution is -2.04. The molecule has 74 valence electrons. The number of hydrogen-bond acceptors (Lipinski definition) is 3. The zero-order valence-corrected chi connectivity index (χ0v) is 7.59. The van der Waals surface area contributed by atoms with Gasteiger partial charge in [0.15, 0.2) is 0 Å². The maximum absolute atomic E-state index is 12.6. The highest BCUT2D eigenvalue weighted by atomic mass is 19.3. The van der Waals surface area contributed by atoms with Gasteiger partial charge in [0.1, 0.15) is 5.82 Å². The molecule has 1 aromatic rings. The van der Waals surface area contributed by atoms with E-state index in [0.717, 1.165) is 0 Å². The minimum absolute atomic E-state index is 0.0756. The molecule has 2 N–H and O–H groups in total. The predicted molar refractivity (Wildman–Crippen MR) is 47.7 cm³/mol. The van der Waals surface area contributed by atoms with E-state index in [1.165, 1.54) is 13.1 Å². The van der Waals surface area contributed by atoms with E-state index in [2.05, 4.69) is 4.98 Å². The van der Waals surface area contributed by atoms with Crippen molar-refractivity contribution < 1.29 is 8.78 Å². The molecule has 0 atom stereocenters. The van der Waals surface area contributed by atoms with E-state index in [1.54, 1.807) is 0 Å². The number of alkyl halides is 2. The van der Waals surface area contributed by atoms with Crippen LogP contribution in [-0.2, 0) is 6.42 Å². The lowest BCUT2D eigenvalue weighted by molar-refractivity contribution is 0.149. The molecular weight excluding hydrogens is 188 g/mol. The van der Waals surface area contributed by atoms with Crippen molar-refractivity contribution in [1.29, 1.82) is 5.26 Å². The van der Waals surface area contributed by atoms with Gasteiger partial charge in [-0.3, -0.25) is 0 Å². The molecule has 5 heteroatoms. The number of pyridine rings is 1. The molecule has 0 amide bonds. The Bertz CT molecular complexity index is 382. The molecule has 0 bridgehead atoms. The normalized spacial score (nSPS) is 10.2. The monoisotopic (exact) mass is 197 g/mol. The number of nitriles is 1. The van der Waals surface area contributed by atoms with Gasteiger partial charge in [0, 0.05) is 17.3 Å². The van der Waals surface area contributed by atoms with Crippen molar-refractivity contribution in [3.8, 4) is 6.07 Å². The molecule has 0 aliphatic rings. The van der Waals surface area contributed by atoms with Crippen LogP contribution >= 0.6 is 0 Å². The van der Waals surface area contributed by atoms with Gasteiger partial charge in [-0.15, -0.1) is 0 Å². The maximum atomic E-state index is 12.6. The molecule has 0 aliphatic carbocycles. The Kier molecular flexibility index (Phi) is 2.97. The second kappa shape index (κ2) is 4.01. The maximum Gasteiger partial charge on any atom is 0.264 e. The van der Waals surface area contributed by atoms with Crippen molar-refractivity contribution >= 4 is 5.82 Å². The van der Waals surface area contributed by atoms with E-state index in [4.69, 9.17) is 11.0 Å². The molecule has 0 fully saturated rings. The number of rotatable bonds is 2. The first kappa shape index (κ1) is 10.4. The fourth-order valence-corrected chi connectivity index (χ4v) is 1.22. The topological polar surface area (TPSA) is 62.7 Å². The van der Waals surface area contributed by atoms with Gasteiger partial charge in [-0.2, -0.15) is 5.26 Å². The van der Waals surface area contributed by atoms with Crippen LogP contribution in [0.15, 0.2) is 6.20 Å². The van der Waals surface area contributed by atoms with Crippen LogP contribution < -0.4 is 5.73 Å². The summed E-state index contributed by atoms with van der Waals surface area (Å²) in [5.74, 6) is 0.0852. The molecule has 1 aromatic heterocycles. The first-order valence-electron chi connectivity index (χ1n) is 3.96. The van der Waals surface area contributed by atoms with Crippen LogP contribution in [0.4, 0.5) is 14.6 Å². The van der Waals surface area contributed by atoms with E-state index in [9.17, 15) is 8.78 Å². The van der Waals surface area contributed by atoms with E-state index >= 15 is 0 Å². The minimum Gasteiger partial charge on any atom is -0.383 e. The summed E-state index contributed by atoms with van der Waals surface area (Å²) < 4.78 is 25.2. The minimum atomic E-state index is -2.62. The molecule has 0 radical (unpaired) electrons. The van der Waals surface area contributed by atoms with Crippen molar-refractivity contribution in [3.05, 3.63) is 22.9 Å². The Labute approximate surface area is 80.2 Å². The van der Waals surface area contributed by atoms with Gasteiger partial charge < -0.3 is 5.73 Å². The first-order chi connectivity index (χ1) is 6.57. The third kappa shape index (κ3) is 1.79. The third-order valence-electron chi connectivity index (χ3n) is 1.98. The quantitative estimate of drug-likeness (QED) is 0.788. The zero-order chi connectivity index (χ0) is 10.7. The predicted octanol–water partition coefficient (Wildman–Crippen LogP) is 1.98. The summed E-state index contributed by atoms with van der Waals surface area (Å²) in [6.45, 7) is 1.48. The molecule has 0 saturated carbocycles. The molecule has 0 aromatic carbocycles. The summed E-state index contributed by atoms with van der Waals surface area (Å²) >= 11 is 0. The van der Waals surface area contributed by atoms with Gasteiger partial charge in [-0.1, -0.05) is 0 Å². The van der Waals surface area contributed by atoms with Crippen molar-refractivity contribution in [2.75, 3.05) is 5.73 Å². The molecule has 0 saturated heterocycles. The van der Waals surface area contributed by atoms with Crippen LogP contribution in [0.3, 0.4) is 0 Å². The standard InChI is InChI=1S/C9H9F2N3/c1-5-7(8(10)11)6(2-3-12)4-14-9(5)13/h4,8H,2H2,1H3,(H2,13,14). The summed E-state index contributed by atoms with van der Waals surface area (Å²) in [5, 5.41) is 8.43. The highest BCUT2D eigenvalue weighted by Crippen LogP contribution is 2.28. The fraction of sp³-hybridized carbons (Fsp3) is 0.333. The Morgan fingerprint density at radius 2 is 2.29 bits per heavy atom. The molecule has 3 nitrogen and oxygen atoms in total. The Morgan fingerprint density at radius 1 is 1.64 bits per heavy atom. The van der Waals surface area contributed by atoms with Gasteiger partial charge in [-0.05, 0) is 12.5 Å². The third-order valence-corrected chi connectivity index (χ3v) is 1.98. The second-order valence-electron chi connectivity index (χ2n) is 2.84. The summed E-state index contributed by atoms with van der Waals surface area (Å²) in [5.41, 5.74) is 5.73. The largest absolute Gasteiger partial charge is 0.383 e. The van der Waals surface area contributed by atoms with Gasteiger partial charge in [0.2, 0.25) is 0 Å². The van der Waals surface area contributed by atoms with Gasteiger partial charge >= 0.3 is 0 Å². The van der Waals surface area contributed by atoms with Crippen LogP contribution in [-0.4, -0.2) is 4.98 Å². The molecule has 1 heterocycles. The summed E-state index contributed by atoms with van der Waals surface area (Å²) in [6.07, 6.45) is -1.47. The number of halogens is 2. The average molecular weight is 197 g/mol. The first-order valence-corrected chi connectivity index (χ1v) is 3.96. The van der Waals surface area contributed by atoms with Crippen LogP contribution in [0, 0.1) is 18.3 Å². The molecule has 0 aliphatic heterocycles. The van der Waals surface area contributed by atoms with Crippen LogP contribution in [0.2, 0.25) is 0 Å². The van der Waals surface area contributed by atoms with Crippen LogP contribution in [0.1, 0.15) is 23.1 Å². The van der Waals surface area contributed by atoms with Crippen molar-refractivity contribution in [1.82, 2.24) is 4.98 Å². The Morgan fingerprint density at radius 3 is 2.79 bits per heavy atom. The fourth-order valence-electron chi connectivity index (χ4n) is 1.22. The molecule has 1 rings (SSSR count). The summed E-state index contributed by atoms with van der Waals surface area (Å²) in [4.78, 5) is 3.73. The Hall–Kier alpha value is -1.70. The lowest BCUT2D eigenvalue weighted by atomic mass is 10.0. The Balaban J connectivity index is 3.31. The zero-order valence-electron chi connectivity index (χ0n) is 7.59. The number of aromatic nitrogens is 1. The molecule has 0 unspecified atom stereocenters. The highest BCUT2D eigenvalue weighted by Gasteiger charge is 2.17.